The summed E-state index contributed by atoms with van der Waals surface area (Å²) in [6.07, 6.45) is 1.93. The zero-order valence-corrected chi connectivity index (χ0v) is 14.3. The lowest BCUT2D eigenvalue weighted by Gasteiger charge is -2.31. The van der Waals surface area contributed by atoms with Crippen LogP contribution in [-0.4, -0.2) is 46.8 Å². The molecule has 0 bridgehead atoms. The van der Waals surface area contributed by atoms with E-state index in [0.717, 1.165) is 37.3 Å². The van der Waals surface area contributed by atoms with Crippen molar-refractivity contribution in [2.24, 2.45) is 0 Å². The summed E-state index contributed by atoms with van der Waals surface area (Å²) in [4.78, 5) is 14.8. The molecule has 1 N–H and O–H groups in total. The zero-order chi connectivity index (χ0) is 17.3. The molecule has 2 aromatic rings. The van der Waals surface area contributed by atoms with E-state index in [9.17, 15) is 9.18 Å². The third-order valence-corrected chi connectivity index (χ3v) is 4.77. The minimum atomic E-state index is -0.288. The van der Waals surface area contributed by atoms with E-state index in [-0.39, 0.29) is 11.7 Å². The second-order valence-corrected chi connectivity index (χ2v) is 6.29. The number of hydrogen-bond donors (Lipinski definition) is 1. The first-order chi connectivity index (χ1) is 11.5. The summed E-state index contributed by atoms with van der Waals surface area (Å²) in [6.45, 7) is 5.24. The highest BCUT2D eigenvalue weighted by molar-refractivity contribution is 5.96. The number of nitrogens with zero attached hydrogens (tertiary/aromatic N) is 3. The molecule has 0 atom stereocenters. The van der Waals surface area contributed by atoms with Crippen LogP contribution in [0.3, 0.4) is 0 Å². The fourth-order valence-corrected chi connectivity index (χ4v) is 3.32. The van der Waals surface area contributed by atoms with E-state index in [1.165, 1.54) is 12.1 Å². The molecule has 1 aliphatic rings. The molecule has 3 rings (SSSR count). The lowest BCUT2D eigenvalue weighted by molar-refractivity contribution is 0.0706. The largest absolute Gasteiger partial charge is 0.338 e. The van der Waals surface area contributed by atoms with Gasteiger partial charge in [0.05, 0.1) is 22.6 Å². The number of aryl methyl sites for hydroxylation is 1. The highest BCUT2D eigenvalue weighted by Gasteiger charge is 2.27. The van der Waals surface area contributed by atoms with Gasteiger partial charge in [0.15, 0.2) is 0 Å². The number of hydrogen-bond acceptors (Lipinski definition) is 3. The number of amides is 1. The average Bonchev–Trinajstić information content (AvgIpc) is 2.89. The Morgan fingerprint density at radius 1 is 1.21 bits per heavy atom. The first kappa shape index (κ1) is 16.6. The predicted octanol–water partition coefficient (Wildman–Crippen LogP) is 2.45. The van der Waals surface area contributed by atoms with Crippen LogP contribution in [0.5, 0.6) is 0 Å². The van der Waals surface area contributed by atoms with Crippen molar-refractivity contribution in [2.45, 2.75) is 32.7 Å². The molecular formula is C18H23FN4O. The molecule has 0 aliphatic carbocycles. The molecule has 1 fully saturated rings. The van der Waals surface area contributed by atoms with E-state index in [4.69, 9.17) is 0 Å². The van der Waals surface area contributed by atoms with Gasteiger partial charge >= 0.3 is 0 Å². The number of piperidine rings is 1. The van der Waals surface area contributed by atoms with E-state index in [0.29, 0.717) is 17.3 Å². The molecular weight excluding hydrogens is 307 g/mol. The van der Waals surface area contributed by atoms with Crippen molar-refractivity contribution in [1.82, 2.24) is 20.0 Å². The van der Waals surface area contributed by atoms with Crippen molar-refractivity contribution in [3.05, 3.63) is 47.0 Å². The summed E-state index contributed by atoms with van der Waals surface area (Å²) in [7, 11) is 1.96. The van der Waals surface area contributed by atoms with E-state index in [1.807, 2.05) is 25.8 Å². The highest BCUT2D eigenvalue weighted by atomic mass is 19.1. The molecule has 2 heterocycles. The minimum Gasteiger partial charge on any atom is -0.338 e. The molecule has 1 saturated heterocycles. The molecule has 24 heavy (non-hydrogen) atoms. The van der Waals surface area contributed by atoms with Crippen LogP contribution in [0.25, 0.3) is 5.69 Å². The Balaban J connectivity index is 1.86. The second kappa shape index (κ2) is 6.73. The minimum absolute atomic E-state index is 0.0351. The molecule has 1 amide bonds. The Hall–Kier alpha value is -2.21. The van der Waals surface area contributed by atoms with Gasteiger partial charge in [0.25, 0.3) is 5.91 Å². The smallest absolute Gasteiger partial charge is 0.257 e. The maximum absolute atomic E-state index is 13.1. The number of carbonyl (C=O) groups is 1. The molecule has 128 valence electrons. The Morgan fingerprint density at radius 3 is 2.42 bits per heavy atom. The van der Waals surface area contributed by atoms with Gasteiger partial charge in [-0.1, -0.05) is 0 Å². The molecule has 0 radical (unpaired) electrons. The van der Waals surface area contributed by atoms with Crippen molar-refractivity contribution in [3.8, 4) is 5.69 Å². The van der Waals surface area contributed by atoms with Crippen molar-refractivity contribution in [1.29, 1.82) is 0 Å². The molecule has 5 nitrogen and oxygen atoms in total. The standard InChI is InChI=1S/C18H23FN4O/c1-12-17(18(24)22-10-8-15(20-3)9-11-22)13(2)23(21-12)16-6-4-14(19)5-7-16/h4-7,15,20H,8-11H2,1-3H3. The highest BCUT2D eigenvalue weighted by Crippen LogP contribution is 2.22. The van der Waals surface area contributed by atoms with Crippen LogP contribution in [-0.2, 0) is 0 Å². The van der Waals surface area contributed by atoms with Crippen LogP contribution < -0.4 is 5.32 Å². The Morgan fingerprint density at radius 2 is 1.83 bits per heavy atom. The van der Waals surface area contributed by atoms with E-state index >= 15 is 0 Å². The van der Waals surface area contributed by atoms with Gasteiger partial charge in [0.2, 0.25) is 0 Å². The van der Waals surface area contributed by atoms with Crippen molar-refractivity contribution >= 4 is 5.91 Å². The third kappa shape index (κ3) is 3.06. The van der Waals surface area contributed by atoms with Crippen molar-refractivity contribution in [3.63, 3.8) is 0 Å². The lowest BCUT2D eigenvalue weighted by atomic mass is 10.0. The van der Waals surface area contributed by atoms with Crippen LogP contribution in [0.2, 0.25) is 0 Å². The maximum atomic E-state index is 13.1. The fourth-order valence-electron chi connectivity index (χ4n) is 3.32. The van der Waals surface area contributed by atoms with Gasteiger partial charge < -0.3 is 10.2 Å². The van der Waals surface area contributed by atoms with Gasteiger partial charge in [-0.3, -0.25) is 4.79 Å². The van der Waals surface area contributed by atoms with Crippen LogP contribution in [0.4, 0.5) is 4.39 Å². The SMILES string of the molecule is CNC1CCN(C(=O)c2c(C)nn(-c3ccc(F)cc3)c2C)CC1. The normalized spacial score (nSPS) is 15.8. The number of benzene rings is 1. The Labute approximate surface area is 141 Å². The monoisotopic (exact) mass is 330 g/mol. The van der Waals surface area contributed by atoms with Gasteiger partial charge in [0, 0.05) is 19.1 Å². The summed E-state index contributed by atoms with van der Waals surface area (Å²) in [5.41, 5.74) is 2.91. The Kier molecular flexibility index (Phi) is 4.66. The molecule has 1 aromatic heterocycles. The van der Waals surface area contributed by atoms with Gasteiger partial charge in [-0.05, 0) is 58.0 Å². The van der Waals surface area contributed by atoms with E-state index in [2.05, 4.69) is 10.4 Å². The van der Waals surface area contributed by atoms with Gasteiger partial charge in [-0.15, -0.1) is 0 Å². The van der Waals surface area contributed by atoms with Crippen molar-refractivity contribution < 1.29 is 9.18 Å². The molecule has 1 aliphatic heterocycles. The zero-order valence-electron chi connectivity index (χ0n) is 14.3. The molecule has 0 unspecified atom stereocenters. The van der Waals surface area contributed by atoms with Crippen LogP contribution in [0, 0.1) is 19.7 Å². The predicted molar refractivity (Wildman–Crippen MR) is 91.0 cm³/mol. The lowest BCUT2D eigenvalue weighted by Crippen LogP contribution is -2.44. The van der Waals surface area contributed by atoms with Gasteiger partial charge in [0.1, 0.15) is 5.82 Å². The fraction of sp³-hybridized carbons (Fsp3) is 0.444. The van der Waals surface area contributed by atoms with Crippen molar-refractivity contribution in [2.75, 3.05) is 20.1 Å². The summed E-state index contributed by atoms with van der Waals surface area (Å²) >= 11 is 0. The number of nitrogens with one attached hydrogen (secondary N) is 1. The summed E-state index contributed by atoms with van der Waals surface area (Å²) in [5.74, 6) is -0.253. The van der Waals surface area contributed by atoms with Gasteiger partial charge in [-0.25, -0.2) is 9.07 Å². The molecule has 0 spiro atoms. The number of aromatic nitrogens is 2. The molecule has 0 saturated carbocycles. The van der Waals surface area contributed by atoms with Gasteiger partial charge in [-0.2, -0.15) is 5.10 Å². The number of halogens is 1. The first-order valence-corrected chi connectivity index (χ1v) is 8.30. The topological polar surface area (TPSA) is 50.2 Å². The number of rotatable bonds is 3. The molecule has 6 heteroatoms. The summed E-state index contributed by atoms with van der Waals surface area (Å²) < 4.78 is 14.8. The summed E-state index contributed by atoms with van der Waals surface area (Å²) in [5, 5.41) is 7.76. The second-order valence-electron chi connectivity index (χ2n) is 6.29. The number of carbonyl (C=O) groups excluding carboxylic acids is 1. The van der Waals surface area contributed by atoms with Crippen LogP contribution >= 0.6 is 0 Å². The quantitative estimate of drug-likeness (QED) is 0.940. The van der Waals surface area contributed by atoms with Crippen LogP contribution in [0.15, 0.2) is 24.3 Å². The average molecular weight is 330 g/mol. The molecule has 1 aromatic carbocycles. The Bertz CT molecular complexity index is 730. The first-order valence-electron chi connectivity index (χ1n) is 8.30. The summed E-state index contributed by atoms with van der Waals surface area (Å²) in [6, 6.07) is 6.62. The maximum Gasteiger partial charge on any atom is 0.257 e. The number of likely N-dealkylation sites (tertiary alicyclic amines) is 1. The van der Waals surface area contributed by atoms with Crippen LogP contribution in [0.1, 0.15) is 34.6 Å². The van der Waals surface area contributed by atoms with E-state index in [1.54, 1.807) is 16.8 Å². The third-order valence-electron chi connectivity index (χ3n) is 4.77. The van der Waals surface area contributed by atoms with E-state index < -0.39 is 0 Å².